The van der Waals surface area contributed by atoms with Crippen molar-refractivity contribution >= 4 is 45.8 Å². The van der Waals surface area contributed by atoms with Crippen LogP contribution in [0, 0.1) is 12.8 Å². The molecule has 1 aliphatic heterocycles. The lowest BCUT2D eigenvalue weighted by Gasteiger charge is -2.18. The lowest BCUT2D eigenvalue weighted by Crippen LogP contribution is -2.42. The standard InChI is InChI=1S/C23H26N2O2S2/c1-14(2)13-17-7-9-18(10-8-17)16(4)20(26)24-21-22(27)25(23(28)29-21)19-11-5-15(3)6-12-19/h5-12,14,16,21H,13H2,1-4H3,(H,24,26). The van der Waals surface area contributed by atoms with Crippen LogP contribution >= 0.6 is 24.0 Å². The zero-order chi connectivity index (χ0) is 21.1. The van der Waals surface area contributed by atoms with E-state index in [0.29, 0.717) is 10.2 Å². The molecule has 0 saturated carbocycles. The molecule has 2 aromatic carbocycles. The molecule has 2 atom stereocenters. The summed E-state index contributed by atoms with van der Waals surface area (Å²) in [7, 11) is 0. The largest absolute Gasteiger partial charge is 0.335 e. The number of nitrogens with one attached hydrogen (secondary N) is 1. The number of rotatable bonds is 6. The second-order valence-corrected chi connectivity index (χ2v) is 9.58. The first kappa shape index (κ1) is 21.5. The second kappa shape index (κ2) is 9.09. The molecule has 1 saturated heterocycles. The van der Waals surface area contributed by atoms with E-state index >= 15 is 0 Å². The topological polar surface area (TPSA) is 49.4 Å². The molecule has 2 unspecified atom stereocenters. The molecule has 4 nitrogen and oxygen atoms in total. The zero-order valence-corrected chi connectivity index (χ0v) is 18.8. The van der Waals surface area contributed by atoms with E-state index in [1.807, 2.05) is 50.2 Å². The molecule has 2 amide bonds. The lowest BCUT2D eigenvalue weighted by atomic mass is 9.96. The predicted molar refractivity (Wildman–Crippen MR) is 124 cm³/mol. The summed E-state index contributed by atoms with van der Waals surface area (Å²) in [6, 6.07) is 15.7. The van der Waals surface area contributed by atoms with Gasteiger partial charge in [0.25, 0.3) is 5.91 Å². The van der Waals surface area contributed by atoms with Gasteiger partial charge in [-0.1, -0.05) is 79.8 Å². The van der Waals surface area contributed by atoms with Crippen molar-refractivity contribution in [2.75, 3.05) is 4.90 Å². The number of amides is 2. The zero-order valence-electron chi connectivity index (χ0n) is 17.1. The van der Waals surface area contributed by atoms with Gasteiger partial charge in [0.2, 0.25) is 5.91 Å². The number of thioether (sulfide) groups is 1. The van der Waals surface area contributed by atoms with Crippen LogP contribution in [0.2, 0.25) is 0 Å². The number of nitrogens with zero attached hydrogens (tertiary/aromatic N) is 1. The molecular formula is C23H26N2O2S2. The molecule has 1 fully saturated rings. The van der Waals surface area contributed by atoms with Crippen LogP contribution in [0.25, 0.3) is 0 Å². The van der Waals surface area contributed by atoms with Gasteiger partial charge in [-0.05, 0) is 49.4 Å². The fourth-order valence-electron chi connectivity index (χ4n) is 3.25. The van der Waals surface area contributed by atoms with Crippen molar-refractivity contribution in [1.82, 2.24) is 5.32 Å². The number of hydrogen-bond donors (Lipinski definition) is 1. The first-order valence-corrected chi connectivity index (χ1v) is 11.1. The van der Waals surface area contributed by atoms with Crippen LogP contribution in [0.5, 0.6) is 0 Å². The SMILES string of the molecule is Cc1ccc(N2C(=O)C(NC(=O)C(C)c3ccc(CC(C)C)cc3)SC2=S)cc1. The van der Waals surface area contributed by atoms with Gasteiger partial charge in [0.15, 0.2) is 5.37 Å². The Balaban J connectivity index is 1.66. The third kappa shape index (κ3) is 5.06. The highest BCUT2D eigenvalue weighted by Gasteiger charge is 2.39. The highest BCUT2D eigenvalue weighted by Crippen LogP contribution is 2.31. The predicted octanol–water partition coefficient (Wildman–Crippen LogP) is 4.80. The third-order valence-electron chi connectivity index (χ3n) is 4.93. The Hall–Kier alpha value is -2.18. The number of aryl methyl sites for hydroxylation is 1. The van der Waals surface area contributed by atoms with Crippen molar-refractivity contribution in [3.8, 4) is 0 Å². The van der Waals surface area contributed by atoms with Crippen LogP contribution in [0.3, 0.4) is 0 Å². The van der Waals surface area contributed by atoms with Gasteiger partial charge in [-0.25, -0.2) is 0 Å². The summed E-state index contributed by atoms with van der Waals surface area (Å²) in [6.45, 7) is 8.21. The molecule has 1 heterocycles. The van der Waals surface area contributed by atoms with E-state index in [2.05, 4.69) is 31.3 Å². The quantitative estimate of drug-likeness (QED) is 0.674. The maximum atomic E-state index is 12.8. The van der Waals surface area contributed by atoms with Gasteiger partial charge >= 0.3 is 0 Å². The van der Waals surface area contributed by atoms with E-state index in [0.717, 1.165) is 23.2 Å². The van der Waals surface area contributed by atoms with E-state index in [1.165, 1.54) is 22.2 Å². The van der Waals surface area contributed by atoms with E-state index < -0.39 is 5.37 Å². The Morgan fingerprint density at radius 1 is 1.10 bits per heavy atom. The molecular weight excluding hydrogens is 400 g/mol. The van der Waals surface area contributed by atoms with Gasteiger partial charge in [0, 0.05) is 0 Å². The Morgan fingerprint density at radius 3 is 2.31 bits per heavy atom. The molecule has 152 valence electrons. The van der Waals surface area contributed by atoms with E-state index in [-0.39, 0.29) is 17.7 Å². The number of thiocarbonyl (C=S) groups is 1. The minimum atomic E-state index is -0.695. The summed E-state index contributed by atoms with van der Waals surface area (Å²) < 4.78 is 0.454. The molecule has 1 N–H and O–H groups in total. The van der Waals surface area contributed by atoms with Crippen LogP contribution in [0.15, 0.2) is 48.5 Å². The highest BCUT2D eigenvalue weighted by molar-refractivity contribution is 8.25. The molecule has 0 bridgehead atoms. The normalized spacial score (nSPS) is 17.7. The molecule has 3 rings (SSSR count). The summed E-state index contributed by atoms with van der Waals surface area (Å²) in [5.41, 5.74) is 4.03. The van der Waals surface area contributed by atoms with Crippen LogP contribution in [-0.4, -0.2) is 21.5 Å². The molecule has 0 spiro atoms. The third-order valence-corrected chi connectivity index (χ3v) is 6.34. The Labute approximate surface area is 182 Å². The van der Waals surface area contributed by atoms with Crippen LogP contribution in [0.4, 0.5) is 5.69 Å². The monoisotopic (exact) mass is 426 g/mol. The first-order chi connectivity index (χ1) is 13.8. The van der Waals surface area contributed by atoms with Crippen molar-refractivity contribution < 1.29 is 9.59 Å². The highest BCUT2D eigenvalue weighted by atomic mass is 32.2. The Morgan fingerprint density at radius 2 is 1.72 bits per heavy atom. The molecule has 0 aromatic heterocycles. The average Bonchev–Trinajstić information content (AvgIpc) is 2.95. The van der Waals surface area contributed by atoms with Crippen molar-refractivity contribution in [1.29, 1.82) is 0 Å². The van der Waals surface area contributed by atoms with E-state index in [1.54, 1.807) is 0 Å². The van der Waals surface area contributed by atoms with Crippen LogP contribution in [0.1, 0.15) is 43.4 Å². The van der Waals surface area contributed by atoms with Crippen molar-refractivity contribution in [3.05, 3.63) is 65.2 Å². The Kier molecular flexibility index (Phi) is 6.75. The van der Waals surface area contributed by atoms with Gasteiger partial charge in [-0.15, -0.1) is 0 Å². The number of anilines is 1. The van der Waals surface area contributed by atoms with E-state index in [4.69, 9.17) is 12.2 Å². The number of carbonyl (C=O) groups excluding carboxylic acids is 2. The molecule has 29 heavy (non-hydrogen) atoms. The van der Waals surface area contributed by atoms with Crippen molar-refractivity contribution in [2.45, 2.75) is 45.4 Å². The van der Waals surface area contributed by atoms with Crippen molar-refractivity contribution in [3.63, 3.8) is 0 Å². The number of benzene rings is 2. The summed E-state index contributed by atoms with van der Waals surface area (Å²) >= 11 is 6.59. The second-order valence-electron chi connectivity index (χ2n) is 7.84. The maximum absolute atomic E-state index is 12.8. The summed E-state index contributed by atoms with van der Waals surface area (Å²) in [5, 5.41) is 2.17. The fourth-order valence-corrected chi connectivity index (χ4v) is 4.62. The van der Waals surface area contributed by atoms with Gasteiger partial charge < -0.3 is 5.32 Å². The van der Waals surface area contributed by atoms with Crippen LogP contribution < -0.4 is 10.2 Å². The van der Waals surface area contributed by atoms with Gasteiger partial charge in [0.05, 0.1) is 11.6 Å². The molecule has 6 heteroatoms. The number of hydrogen-bond acceptors (Lipinski definition) is 4. The molecule has 0 aliphatic carbocycles. The lowest BCUT2D eigenvalue weighted by molar-refractivity contribution is -0.125. The summed E-state index contributed by atoms with van der Waals surface area (Å²) in [6.07, 6.45) is 1.01. The van der Waals surface area contributed by atoms with Crippen molar-refractivity contribution in [2.24, 2.45) is 5.92 Å². The molecule has 2 aromatic rings. The van der Waals surface area contributed by atoms with Gasteiger partial charge in [-0.2, -0.15) is 0 Å². The van der Waals surface area contributed by atoms with Crippen LogP contribution in [-0.2, 0) is 16.0 Å². The van der Waals surface area contributed by atoms with E-state index in [9.17, 15) is 9.59 Å². The fraction of sp³-hybridized carbons (Fsp3) is 0.348. The summed E-state index contributed by atoms with van der Waals surface area (Å²) in [5.74, 6) is -0.150. The smallest absolute Gasteiger partial charge is 0.266 e. The van der Waals surface area contributed by atoms with Gasteiger partial charge in [0.1, 0.15) is 4.32 Å². The maximum Gasteiger partial charge on any atom is 0.266 e. The molecule has 1 aliphatic rings. The number of carbonyl (C=O) groups is 2. The minimum absolute atomic E-state index is 0.180. The summed E-state index contributed by atoms with van der Waals surface area (Å²) in [4.78, 5) is 27.1. The average molecular weight is 427 g/mol. The minimum Gasteiger partial charge on any atom is -0.335 e. The molecule has 0 radical (unpaired) electrons. The van der Waals surface area contributed by atoms with Gasteiger partial charge in [-0.3, -0.25) is 14.5 Å². The first-order valence-electron chi connectivity index (χ1n) is 9.76. The Bertz CT molecular complexity index is 907.